The van der Waals surface area contributed by atoms with Crippen LogP contribution in [0, 0.1) is 0 Å². The molecule has 7 heteroatoms. The molecule has 0 amide bonds. The Morgan fingerprint density at radius 1 is 0.760 bits per heavy atom. The first kappa shape index (κ1) is 18.2. The topological polar surface area (TPSA) is 27.3 Å². The molecular formula is C18H13BrCl3N3. The molecule has 0 bridgehead atoms. The van der Waals surface area contributed by atoms with Crippen LogP contribution in [0.15, 0.2) is 71.2 Å². The van der Waals surface area contributed by atoms with Crippen LogP contribution in [-0.4, -0.2) is 0 Å². The zero-order valence-electron chi connectivity index (χ0n) is 12.8. The summed E-state index contributed by atoms with van der Waals surface area (Å²) >= 11 is 22.3. The van der Waals surface area contributed by atoms with Crippen LogP contribution in [0.3, 0.4) is 0 Å². The van der Waals surface area contributed by atoms with Gasteiger partial charge in [0.2, 0.25) is 0 Å². The van der Waals surface area contributed by atoms with Crippen molar-refractivity contribution in [3.05, 3.63) is 86.3 Å². The van der Waals surface area contributed by atoms with E-state index in [0.29, 0.717) is 25.2 Å². The second kappa shape index (κ2) is 8.19. The minimum absolute atomic E-state index is 0.330. The van der Waals surface area contributed by atoms with Gasteiger partial charge in [-0.15, -0.1) is 0 Å². The zero-order chi connectivity index (χ0) is 17.8. The zero-order valence-corrected chi connectivity index (χ0v) is 16.7. The van der Waals surface area contributed by atoms with Crippen molar-refractivity contribution in [3.8, 4) is 0 Å². The molecule has 25 heavy (non-hydrogen) atoms. The lowest BCUT2D eigenvalue weighted by atomic mass is 10.3. The third-order valence-corrected chi connectivity index (χ3v) is 5.39. The molecule has 0 saturated carbocycles. The fourth-order valence-electron chi connectivity index (χ4n) is 2.16. The van der Waals surface area contributed by atoms with Crippen molar-refractivity contribution in [1.82, 2.24) is 0 Å². The molecule has 0 aliphatic rings. The Hall–Kier alpha value is -1.59. The molecule has 0 fully saturated rings. The highest BCUT2D eigenvalue weighted by Crippen LogP contribution is 2.41. The summed E-state index contributed by atoms with van der Waals surface area (Å²) in [6, 6.07) is 21.2. The number of nitrogens with one attached hydrogen (secondary N) is 2. The van der Waals surface area contributed by atoms with Crippen molar-refractivity contribution < 1.29 is 0 Å². The molecule has 0 aliphatic carbocycles. The Labute approximate surface area is 169 Å². The highest BCUT2D eigenvalue weighted by molar-refractivity contribution is 9.10. The number of para-hydroxylation sites is 2. The normalized spacial score (nSPS) is 10.4. The van der Waals surface area contributed by atoms with Gasteiger partial charge in [0.15, 0.2) is 0 Å². The molecule has 3 nitrogen and oxygen atoms in total. The number of hydrogen-bond donors (Lipinski definition) is 2. The van der Waals surface area contributed by atoms with Gasteiger partial charge in [-0.25, -0.2) is 0 Å². The molecular weight excluding hydrogens is 444 g/mol. The molecule has 0 aliphatic heterocycles. The van der Waals surface area contributed by atoms with Gasteiger partial charge in [-0.2, -0.15) is 5.12 Å². The van der Waals surface area contributed by atoms with Gasteiger partial charge in [0.25, 0.3) is 0 Å². The molecule has 2 N–H and O–H groups in total. The standard InChI is InChI=1S/C18H13BrCl3N3/c19-14-11-15(20)18(17(22)16(14)21)24-25(13-9-5-2-6-10-13)23-12-7-3-1-4-8-12/h1-11,23-24H. The first-order valence-electron chi connectivity index (χ1n) is 7.33. The van der Waals surface area contributed by atoms with Crippen LogP contribution in [0.4, 0.5) is 17.1 Å². The maximum Gasteiger partial charge on any atom is 0.0949 e. The molecule has 128 valence electrons. The predicted octanol–water partition coefficient (Wildman–Crippen LogP) is 7.27. The van der Waals surface area contributed by atoms with Gasteiger partial charge in [-0.05, 0) is 46.3 Å². The van der Waals surface area contributed by atoms with Crippen LogP contribution in [0.25, 0.3) is 0 Å². The molecule has 0 heterocycles. The average Bonchev–Trinajstić information content (AvgIpc) is 2.64. The predicted molar refractivity (Wildman–Crippen MR) is 112 cm³/mol. The van der Waals surface area contributed by atoms with Crippen LogP contribution in [-0.2, 0) is 0 Å². The van der Waals surface area contributed by atoms with Crippen LogP contribution in [0.1, 0.15) is 0 Å². The Kier molecular flexibility index (Phi) is 5.97. The van der Waals surface area contributed by atoms with E-state index in [0.717, 1.165) is 11.4 Å². The van der Waals surface area contributed by atoms with Crippen LogP contribution in [0.5, 0.6) is 0 Å². The number of hydrogen-bond acceptors (Lipinski definition) is 3. The number of rotatable bonds is 5. The van der Waals surface area contributed by atoms with Gasteiger partial charge < -0.3 is 0 Å². The summed E-state index contributed by atoms with van der Waals surface area (Å²) in [5, 5.41) is 2.89. The molecule has 0 saturated heterocycles. The second-order valence-corrected chi connectivity index (χ2v) is 7.12. The first-order chi connectivity index (χ1) is 12.1. The van der Waals surface area contributed by atoms with E-state index in [1.54, 1.807) is 11.2 Å². The number of benzene rings is 3. The van der Waals surface area contributed by atoms with E-state index in [9.17, 15) is 0 Å². The lowest BCUT2D eigenvalue weighted by molar-refractivity contribution is 1.06. The van der Waals surface area contributed by atoms with E-state index >= 15 is 0 Å². The molecule has 3 aromatic rings. The summed E-state index contributed by atoms with van der Waals surface area (Å²) < 4.78 is 0.636. The SMILES string of the molecule is Clc1cc(Br)c(Cl)c(Cl)c1NN(Nc1ccccc1)c1ccccc1. The van der Waals surface area contributed by atoms with E-state index < -0.39 is 0 Å². The highest BCUT2D eigenvalue weighted by Gasteiger charge is 2.16. The van der Waals surface area contributed by atoms with E-state index in [-0.39, 0.29) is 0 Å². The Morgan fingerprint density at radius 2 is 1.36 bits per heavy atom. The van der Waals surface area contributed by atoms with Crippen molar-refractivity contribution in [2.75, 3.05) is 16.0 Å². The molecule has 3 aromatic carbocycles. The minimum atomic E-state index is 0.330. The fraction of sp³-hybridized carbons (Fsp3) is 0. The number of nitrogens with zero attached hydrogens (tertiary/aromatic N) is 1. The van der Waals surface area contributed by atoms with Gasteiger partial charge >= 0.3 is 0 Å². The van der Waals surface area contributed by atoms with Gasteiger partial charge in [-0.3, -0.25) is 10.9 Å². The fourth-order valence-corrected chi connectivity index (χ4v) is 3.52. The summed E-state index contributed by atoms with van der Waals surface area (Å²) in [5.41, 5.74) is 8.76. The highest BCUT2D eigenvalue weighted by atomic mass is 79.9. The van der Waals surface area contributed by atoms with Crippen molar-refractivity contribution in [3.63, 3.8) is 0 Å². The second-order valence-electron chi connectivity index (χ2n) is 5.10. The molecule has 0 radical (unpaired) electrons. The third kappa shape index (κ3) is 4.33. The third-order valence-electron chi connectivity index (χ3n) is 3.37. The van der Waals surface area contributed by atoms with Gasteiger partial charge in [0, 0.05) is 4.47 Å². The summed E-state index contributed by atoms with van der Waals surface area (Å²) in [5.74, 6) is 0. The average molecular weight is 458 g/mol. The molecule has 3 rings (SSSR count). The molecule has 0 aromatic heterocycles. The number of halogens is 4. The summed E-state index contributed by atoms with van der Waals surface area (Å²) in [7, 11) is 0. The van der Waals surface area contributed by atoms with Crippen LogP contribution >= 0.6 is 50.7 Å². The maximum absolute atomic E-state index is 6.37. The molecule has 0 atom stereocenters. The Bertz CT molecular complexity index is 860. The van der Waals surface area contributed by atoms with Gasteiger partial charge in [-0.1, -0.05) is 71.2 Å². The smallest absolute Gasteiger partial charge is 0.0949 e. The van der Waals surface area contributed by atoms with E-state index in [1.165, 1.54) is 0 Å². The Balaban J connectivity index is 1.97. The quantitative estimate of drug-likeness (QED) is 0.240. The van der Waals surface area contributed by atoms with Crippen LogP contribution < -0.4 is 16.0 Å². The summed E-state index contributed by atoms with van der Waals surface area (Å²) in [6.45, 7) is 0. The number of anilines is 3. The van der Waals surface area contributed by atoms with E-state index in [1.807, 2.05) is 60.7 Å². The minimum Gasteiger partial charge on any atom is -0.280 e. The molecule has 0 spiro atoms. The maximum atomic E-state index is 6.37. The Morgan fingerprint density at radius 3 is 2.00 bits per heavy atom. The largest absolute Gasteiger partial charge is 0.280 e. The van der Waals surface area contributed by atoms with Gasteiger partial charge in [0.1, 0.15) is 0 Å². The van der Waals surface area contributed by atoms with E-state index in [4.69, 9.17) is 34.8 Å². The van der Waals surface area contributed by atoms with Crippen molar-refractivity contribution in [2.24, 2.45) is 0 Å². The first-order valence-corrected chi connectivity index (χ1v) is 9.25. The summed E-state index contributed by atoms with van der Waals surface area (Å²) in [4.78, 5) is 0. The van der Waals surface area contributed by atoms with Gasteiger partial charge in [0.05, 0.1) is 32.1 Å². The summed E-state index contributed by atoms with van der Waals surface area (Å²) in [6.07, 6.45) is 0. The lowest BCUT2D eigenvalue weighted by Gasteiger charge is -2.28. The van der Waals surface area contributed by atoms with E-state index in [2.05, 4.69) is 26.8 Å². The van der Waals surface area contributed by atoms with Crippen LogP contribution in [0.2, 0.25) is 15.1 Å². The lowest BCUT2D eigenvalue weighted by Crippen LogP contribution is -2.35. The van der Waals surface area contributed by atoms with Crippen molar-refractivity contribution >= 4 is 67.8 Å². The van der Waals surface area contributed by atoms with Crippen molar-refractivity contribution in [1.29, 1.82) is 0 Å². The monoisotopic (exact) mass is 455 g/mol. The van der Waals surface area contributed by atoms with Crippen molar-refractivity contribution in [2.45, 2.75) is 0 Å². The number of hydrazine groups is 2. The molecule has 0 unspecified atom stereocenters.